The zero-order valence-corrected chi connectivity index (χ0v) is 13.4. The molecule has 4 heteroatoms. The van der Waals surface area contributed by atoms with Crippen molar-refractivity contribution in [1.82, 2.24) is 0 Å². The number of carboxylic acid groups (broad SMARTS) is 1. The van der Waals surface area contributed by atoms with Crippen molar-refractivity contribution in [3.63, 3.8) is 0 Å². The zero-order valence-electron chi connectivity index (χ0n) is 11.7. The zero-order chi connectivity index (χ0) is 14.6. The first-order valence-electron chi connectivity index (χ1n) is 7.05. The van der Waals surface area contributed by atoms with E-state index < -0.39 is 11.4 Å². The van der Waals surface area contributed by atoms with Gasteiger partial charge in [-0.15, -0.1) is 0 Å². The fraction of sp³-hybridized carbons (Fsp3) is 0.500. The van der Waals surface area contributed by atoms with Crippen LogP contribution in [0.4, 0.5) is 0 Å². The number of aliphatic carboxylic acids is 1. The predicted octanol–water partition coefficient (Wildman–Crippen LogP) is 2.43. The SMILES string of the molecule is CCC1(CC(=O)O)CCCC([Se]c2ccccc2)C1=O. The number of carbonyl (C=O) groups is 2. The molecule has 0 amide bonds. The van der Waals surface area contributed by atoms with Crippen molar-refractivity contribution >= 4 is 31.2 Å². The third-order valence-corrected chi connectivity index (χ3v) is 6.81. The van der Waals surface area contributed by atoms with Crippen LogP contribution < -0.4 is 4.46 Å². The van der Waals surface area contributed by atoms with Gasteiger partial charge in [0.25, 0.3) is 0 Å². The van der Waals surface area contributed by atoms with Crippen LogP contribution in [0.1, 0.15) is 39.0 Å². The van der Waals surface area contributed by atoms with E-state index in [1.54, 1.807) is 0 Å². The maximum absolute atomic E-state index is 12.8. The molecule has 0 aromatic heterocycles. The van der Waals surface area contributed by atoms with Gasteiger partial charge in [-0.05, 0) is 0 Å². The summed E-state index contributed by atoms with van der Waals surface area (Å²) in [6.45, 7) is 1.94. The molecule has 1 saturated carbocycles. The standard InChI is InChI=1S/C16H20O3Se/c1-2-16(11-14(17)18)10-6-9-13(15(16)19)20-12-7-4-3-5-8-12/h3-5,7-8,13H,2,6,9-11H2,1H3,(H,17,18). The van der Waals surface area contributed by atoms with Gasteiger partial charge in [-0.2, -0.15) is 0 Å². The Morgan fingerprint density at radius 3 is 2.70 bits per heavy atom. The number of ketones is 1. The summed E-state index contributed by atoms with van der Waals surface area (Å²) < 4.78 is 1.22. The summed E-state index contributed by atoms with van der Waals surface area (Å²) in [5.74, 6) is -0.662. The second kappa shape index (κ2) is 6.55. The molecule has 0 spiro atoms. The average Bonchev–Trinajstić information content (AvgIpc) is 2.44. The number of hydrogen-bond acceptors (Lipinski definition) is 2. The van der Waals surface area contributed by atoms with Crippen molar-refractivity contribution in [2.45, 2.75) is 43.8 Å². The summed E-state index contributed by atoms with van der Waals surface area (Å²) in [5.41, 5.74) is -0.620. The Balaban J connectivity index is 2.15. The quantitative estimate of drug-likeness (QED) is 0.839. The van der Waals surface area contributed by atoms with Gasteiger partial charge in [-0.1, -0.05) is 0 Å². The molecule has 1 aliphatic rings. The van der Waals surface area contributed by atoms with Crippen LogP contribution in [0.3, 0.4) is 0 Å². The molecule has 2 rings (SSSR count). The molecule has 3 nitrogen and oxygen atoms in total. The van der Waals surface area contributed by atoms with Gasteiger partial charge in [0.2, 0.25) is 0 Å². The molecule has 1 aromatic rings. The summed E-state index contributed by atoms with van der Waals surface area (Å²) in [4.78, 5) is 23.9. The molecule has 2 atom stereocenters. The van der Waals surface area contributed by atoms with E-state index in [-0.39, 0.29) is 32.0 Å². The van der Waals surface area contributed by atoms with Crippen LogP contribution in [0.2, 0.25) is 4.82 Å². The Kier molecular flexibility index (Phi) is 5.00. The summed E-state index contributed by atoms with van der Waals surface area (Å²) in [6, 6.07) is 10.1. The normalized spacial score (nSPS) is 26.4. The number of hydrogen-bond donors (Lipinski definition) is 1. The van der Waals surface area contributed by atoms with Gasteiger partial charge < -0.3 is 0 Å². The van der Waals surface area contributed by atoms with E-state index in [0.717, 1.165) is 19.3 Å². The Morgan fingerprint density at radius 2 is 2.10 bits per heavy atom. The predicted molar refractivity (Wildman–Crippen MR) is 79.4 cm³/mol. The van der Waals surface area contributed by atoms with Gasteiger partial charge in [-0.25, -0.2) is 0 Å². The molecule has 1 aromatic carbocycles. The molecule has 20 heavy (non-hydrogen) atoms. The molecule has 0 saturated heterocycles. The number of benzene rings is 1. The molecule has 0 aliphatic heterocycles. The van der Waals surface area contributed by atoms with Crippen molar-refractivity contribution in [3.8, 4) is 0 Å². The Bertz CT molecular complexity index is 486. The van der Waals surface area contributed by atoms with Crippen LogP contribution in [0.5, 0.6) is 0 Å². The topological polar surface area (TPSA) is 54.4 Å². The first-order chi connectivity index (χ1) is 9.57. The van der Waals surface area contributed by atoms with Crippen LogP contribution >= 0.6 is 0 Å². The van der Waals surface area contributed by atoms with Gasteiger partial charge in [0.05, 0.1) is 0 Å². The fourth-order valence-corrected chi connectivity index (χ4v) is 5.63. The van der Waals surface area contributed by atoms with Crippen molar-refractivity contribution in [2.75, 3.05) is 0 Å². The van der Waals surface area contributed by atoms with Gasteiger partial charge in [0.1, 0.15) is 0 Å². The second-order valence-corrected chi connectivity index (χ2v) is 8.06. The molecule has 2 unspecified atom stereocenters. The molecule has 108 valence electrons. The molecular formula is C16H20O3Se. The molecular weight excluding hydrogens is 319 g/mol. The molecule has 0 radical (unpaired) electrons. The van der Waals surface area contributed by atoms with Crippen LogP contribution in [0.25, 0.3) is 0 Å². The summed E-state index contributed by atoms with van der Waals surface area (Å²) in [7, 11) is 0. The van der Waals surface area contributed by atoms with E-state index in [1.807, 2.05) is 25.1 Å². The van der Waals surface area contributed by atoms with E-state index in [0.29, 0.717) is 6.42 Å². The fourth-order valence-electron chi connectivity index (χ4n) is 2.94. The summed E-state index contributed by atoms with van der Waals surface area (Å²) >= 11 is 0.109. The van der Waals surface area contributed by atoms with E-state index >= 15 is 0 Å². The molecule has 1 aliphatic carbocycles. The minimum absolute atomic E-state index is 0.0102. The van der Waals surface area contributed by atoms with Gasteiger partial charge in [0, 0.05) is 0 Å². The Morgan fingerprint density at radius 1 is 1.40 bits per heavy atom. The first kappa shape index (κ1) is 15.3. The average molecular weight is 339 g/mol. The van der Waals surface area contributed by atoms with Crippen LogP contribution in [0.15, 0.2) is 30.3 Å². The van der Waals surface area contributed by atoms with Crippen molar-refractivity contribution in [2.24, 2.45) is 5.41 Å². The number of carbonyl (C=O) groups excluding carboxylic acids is 1. The van der Waals surface area contributed by atoms with Gasteiger partial charge in [-0.3, -0.25) is 0 Å². The van der Waals surface area contributed by atoms with E-state index in [1.165, 1.54) is 4.46 Å². The Labute approximate surface area is 125 Å². The number of Topliss-reactive ketones (excluding diaryl/α,β-unsaturated/α-hetero) is 1. The molecule has 0 heterocycles. The van der Waals surface area contributed by atoms with E-state index in [9.17, 15) is 9.59 Å². The molecule has 1 N–H and O–H groups in total. The van der Waals surface area contributed by atoms with Crippen molar-refractivity contribution in [1.29, 1.82) is 0 Å². The van der Waals surface area contributed by atoms with Crippen molar-refractivity contribution in [3.05, 3.63) is 30.3 Å². The summed E-state index contributed by atoms with van der Waals surface area (Å²) in [6.07, 6.45) is 3.24. The number of rotatable bonds is 5. The van der Waals surface area contributed by atoms with E-state index in [2.05, 4.69) is 12.1 Å². The van der Waals surface area contributed by atoms with Crippen LogP contribution in [-0.2, 0) is 9.59 Å². The first-order valence-corrected chi connectivity index (χ1v) is 8.90. The third-order valence-electron chi connectivity index (χ3n) is 4.12. The summed E-state index contributed by atoms with van der Waals surface area (Å²) in [5, 5.41) is 9.11. The minimum atomic E-state index is -0.854. The third kappa shape index (κ3) is 3.31. The van der Waals surface area contributed by atoms with Crippen LogP contribution in [0, 0.1) is 5.41 Å². The number of carboxylic acids is 1. The Hall–Kier alpha value is -1.12. The van der Waals surface area contributed by atoms with Gasteiger partial charge >= 0.3 is 125 Å². The van der Waals surface area contributed by atoms with Crippen LogP contribution in [-0.4, -0.2) is 31.8 Å². The molecule has 1 fully saturated rings. The maximum atomic E-state index is 12.8. The van der Waals surface area contributed by atoms with Crippen molar-refractivity contribution < 1.29 is 14.7 Å². The van der Waals surface area contributed by atoms with Gasteiger partial charge in [0.15, 0.2) is 0 Å². The van der Waals surface area contributed by atoms with E-state index in [4.69, 9.17) is 5.11 Å². The second-order valence-electron chi connectivity index (χ2n) is 5.38. The monoisotopic (exact) mass is 340 g/mol. The molecule has 0 bridgehead atoms.